The van der Waals surface area contributed by atoms with E-state index in [1.54, 1.807) is 19.2 Å². The van der Waals surface area contributed by atoms with E-state index in [1.165, 1.54) is 24.5 Å². The molecule has 0 saturated heterocycles. The van der Waals surface area contributed by atoms with Gasteiger partial charge in [0, 0.05) is 12.2 Å². The third-order valence-corrected chi connectivity index (χ3v) is 3.84. The topological polar surface area (TPSA) is 76.1 Å². The molecule has 6 nitrogen and oxygen atoms in total. The highest BCUT2D eigenvalue weighted by molar-refractivity contribution is 5.92. The van der Waals surface area contributed by atoms with E-state index < -0.39 is 0 Å². The van der Waals surface area contributed by atoms with E-state index in [9.17, 15) is 9.18 Å². The first-order chi connectivity index (χ1) is 13.1. The summed E-state index contributed by atoms with van der Waals surface area (Å²) in [5, 5.41) is 5.74. The number of hydrogen-bond acceptors (Lipinski definition) is 5. The molecule has 3 rings (SSSR count). The highest BCUT2D eigenvalue weighted by Crippen LogP contribution is 2.14. The number of carbonyl (C=O) groups is 1. The summed E-state index contributed by atoms with van der Waals surface area (Å²) in [5.74, 6) is 0.578. The molecule has 0 unspecified atom stereocenters. The summed E-state index contributed by atoms with van der Waals surface area (Å²) in [6, 6.07) is 13.7. The van der Waals surface area contributed by atoms with E-state index in [0.717, 1.165) is 11.3 Å². The van der Waals surface area contributed by atoms with Crippen molar-refractivity contribution in [1.82, 2.24) is 15.3 Å². The Hall–Kier alpha value is -3.48. The summed E-state index contributed by atoms with van der Waals surface area (Å²) in [5.41, 5.74) is 1.87. The van der Waals surface area contributed by atoms with Gasteiger partial charge in [-0.15, -0.1) is 0 Å². The summed E-state index contributed by atoms with van der Waals surface area (Å²) in [4.78, 5) is 20.4. The predicted octanol–water partition coefficient (Wildman–Crippen LogP) is 3.34. The molecular formula is C20H19FN4O2. The maximum atomic E-state index is 13.2. The monoisotopic (exact) mass is 366 g/mol. The Morgan fingerprint density at radius 2 is 1.93 bits per heavy atom. The van der Waals surface area contributed by atoms with Crippen LogP contribution >= 0.6 is 0 Å². The highest BCUT2D eigenvalue weighted by atomic mass is 19.1. The number of carbonyl (C=O) groups excluding carboxylic acids is 1. The van der Waals surface area contributed by atoms with Crippen LogP contribution in [0.5, 0.6) is 5.75 Å². The van der Waals surface area contributed by atoms with Gasteiger partial charge in [0.05, 0.1) is 19.5 Å². The summed E-state index contributed by atoms with van der Waals surface area (Å²) in [7, 11) is 1.62. The molecule has 0 aliphatic carbocycles. The van der Waals surface area contributed by atoms with Crippen LogP contribution in [0.4, 0.5) is 15.9 Å². The van der Waals surface area contributed by atoms with Gasteiger partial charge in [0.2, 0.25) is 0 Å². The SMILES string of the molecule is COc1ccc(CCNC(=O)c2cnc(Nc3cccc(F)c3)cn2)cc1. The van der Waals surface area contributed by atoms with Gasteiger partial charge in [0.15, 0.2) is 0 Å². The Labute approximate surface area is 156 Å². The van der Waals surface area contributed by atoms with Crippen molar-refractivity contribution in [3.8, 4) is 5.75 Å². The molecule has 1 amide bonds. The zero-order valence-corrected chi connectivity index (χ0v) is 14.8. The number of methoxy groups -OCH3 is 1. The Kier molecular flexibility index (Phi) is 5.94. The van der Waals surface area contributed by atoms with E-state index in [2.05, 4.69) is 20.6 Å². The van der Waals surface area contributed by atoms with Gasteiger partial charge in [-0.2, -0.15) is 0 Å². The van der Waals surface area contributed by atoms with Crippen LogP contribution < -0.4 is 15.4 Å². The van der Waals surface area contributed by atoms with Crippen LogP contribution in [0.3, 0.4) is 0 Å². The van der Waals surface area contributed by atoms with Crippen molar-refractivity contribution in [2.24, 2.45) is 0 Å². The van der Waals surface area contributed by atoms with Crippen LogP contribution in [0.2, 0.25) is 0 Å². The molecule has 0 fully saturated rings. The molecule has 7 heteroatoms. The molecule has 0 aliphatic rings. The highest BCUT2D eigenvalue weighted by Gasteiger charge is 2.08. The van der Waals surface area contributed by atoms with Gasteiger partial charge in [-0.05, 0) is 42.3 Å². The van der Waals surface area contributed by atoms with Crippen molar-refractivity contribution in [1.29, 1.82) is 0 Å². The molecule has 138 valence electrons. The number of aromatic nitrogens is 2. The molecule has 0 atom stereocenters. The third kappa shape index (κ3) is 5.24. The van der Waals surface area contributed by atoms with Crippen LogP contribution in [0.15, 0.2) is 60.9 Å². The fraction of sp³-hybridized carbons (Fsp3) is 0.150. The number of rotatable bonds is 7. The predicted molar refractivity (Wildman–Crippen MR) is 101 cm³/mol. The number of nitrogens with one attached hydrogen (secondary N) is 2. The number of anilines is 2. The number of amides is 1. The van der Waals surface area contributed by atoms with E-state index in [1.807, 2.05) is 24.3 Å². The summed E-state index contributed by atoms with van der Waals surface area (Å²) in [6.07, 6.45) is 3.51. The Morgan fingerprint density at radius 3 is 2.59 bits per heavy atom. The van der Waals surface area contributed by atoms with Crippen LogP contribution in [-0.2, 0) is 6.42 Å². The average Bonchev–Trinajstić information content (AvgIpc) is 2.69. The van der Waals surface area contributed by atoms with Crippen molar-refractivity contribution in [3.63, 3.8) is 0 Å². The number of benzene rings is 2. The summed E-state index contributed by atoms with van der Waals surface area (Å²) >= 11 is 0. The zero-order valence-electron chi connectivity index (χ0n) is 14.8. The van der Waals surface area contributed by atoms with E-state index >= 15 is 0 Å². The summed E-state index contributed by atoms with van der Waals surface area (Å²) in [6.45, 7) is 0.482. The second-order valence-corrected chi connectivity index (χ2v) is 5.78. The maximum absolute atomic E-state index is 13.2. The van der Waals surface area contributed by atoms with Gasteiger partial charge < -0.3 is 15.4 Å². The minimum absolute atomic E-state index is 0.217. The molecule has 3 aromatic rings. The minimum atomic E-state index is -0.346. The van der Waals surface area contributed by atoms with E-state index in [4.69, 9.17) is 4.74 Å². The number of nitrogens with zero attached hydrogens (tertiary/aromatic N) is 2. The van der Waals surface area contributed by atoms with Crippen LogP contribution in [-0.4, -0.2) is 29.5 Å². The molecule has 1 heterocycles. The smallest absolute Gasteiger partial charge is 0.271 e. The number of halogens is 1. The maximum Gasteiger partial charge on any atom is 0.271 e. The number of ether oxygens (including phenoxy) is 1. The van der Waals surface area contributed by atoms with Gasteiger partial charge in [0.1, 0.15) is 23.1 Å². The van der Waals surface area contributed by atoms with Crippen molar-refractivity contribution < 1.29 is 13.9 Å². The molecular weight excluding hydrogens is 347 g/mol. The van der Waals surface area contributed by atoms with Crippen LogP contribution in [0.25, 0.3) is 0 Å². The van der Waals surface area contributed by atoms with Gasteiger partial charge in [0.25, 0.3) is 5.91 Å². The fourth-order valence-corrected chi connectivity index (χ4v) is 2.43. The van der Waals surface area contributed by atoms with E-state index in [0.29, 0.717) is 24.5 Å². The second-order valence-electron chi connectivity index (χ2n) is 5.78. The number of hydrogen-bond donors (Lipinski definition) is 2. The van der Waals surface area contributed by atoms with Crippen molar-refractivity contribution in [3.05, 3.63) is 78.0 Å². The molecule has 27 heavy (non-hydrogen) atoms. The van der Waals surface area contributed by atoms with Crippen molar-refractivity contribution in [2.45, 2.75) is 6.42 Å². The first-order valence-corrected chi connectivity index (χ1v) is 8.40. The standard InChI is InChI=1S/C20H19FN4O2/c1-27-17-7-5-14(6-8-17)9-10-22-20(26)18-12-24-19(13-23-18)25-16-4-2-3-15(21)11-16/h2-8,11-13H,9-10H2,1H3,(H,22,26)(H,24,25). The van der Waals surface area contributed by atoms with Gasteiger partial charge in [-0.1, -0.05) is 18.2 Å². The molecule has 0 spiro atoms. The lowest BCUT2D eigenvalue weighted by molar-refractivity contribution is 0.0949. The third-order valence-electron chi connectivity index (χ3n) is 3.84. The Balaban J connectivity index is 1.51. The van der Waals surface area contributed by atoms with Crippen molar-refractivity contribution >= 4 is 17.4 Å². The normalized spacial score (nSPS) is 10.3. The van der Waals surface area contributed by atoms with Crippen LogP contribution in [0, 0.1) is 5.82 Å². The molecule has 0 aliphatic heterocycles. The molecule has 0 bridgehead atoms. The first kappa shape index (κ1) is 18.3. The lowest BCUT2D eigenvalue weighted by Gasteiger charge is -2.07. The Morgan fingerprint density at radius 1 is 1.11 bits per heavy atom. The van der Waals surface area contributed by atoms with Crippen LogP contribution in [0.1, 0.15) is 16.1 Å². The van der Waals surface area contributed by atoms with Gasteiger partial charge in [-0.25, -0.2) is 14.4 Å². The molecule has 1 aromatic heterocycles. The second kappa shape index (κ2) is 8.75. The largest absolute Gasteiger partial charge is 0.497 e. The molecule has 0 radical (unpaired) electrons. The molecule has 0 saturated carbocycles. The summed E-state index contributed by atoms with van der Waals surface area (Å²) < 4.78 is 18.3. The van der Waals surface area contributed by atoms with E-state index in [-0.39, 0.29) is 17.4 Å². The average molecular weight is 366 g/mol. The zero-order chi connectivity index (χ0) is 19.1. The quantitative estimate of drug-likeness (QED) is 0.671. The Bertz CT molecular complexity index is 899. The lowest BCUT2D eigenvalue weighted by Crippen LogP contribution is -2.26. The first-order valence-electron chi connectivity index (χ1n) is 8.40. The lowest BCUT2D eigenvalue weighted by atomic mass is 10.1. The fourth-order valence-electron chi connectivity index (χ4n) is 2.43. The van der Waals surface area contributed by atoms with Crippen molar-refractivity contribution in [2.75, 3.05) is 19.0 Å². The molecule has 2 N–H and O–H groups in total. The van der Waals surface area contributed by atoms with Gasteiger partial charge >= 0.3 is 0 Å². The minimum Gasteiger partial charge on any atom is -0.497 e. The van der Waals surface area contributed by atoms with Gasteiger partial charge in [-0.3, -0.25) is 4.79 Å². The molecule has 2 aromatic carbocycles.